The fraction of sp³-hybridized carbons (Fsp3) is 1.00. The summed E-state index contributed by atoms with van der Waals surface area (Å²) in [5.41, 5.74) is 9.81. The molecule has 0 aliphatic heterocycles. The Bertz CT molecular complexity index is 640. The van der Waals surface area contributed by atoms with Gasteiger partial charge < -0.3 is 0 Å². The van der Waals surface area contributed by atoms with Gasteiger partial charge in [0, 0.05) is 11.5 Å². The van der Waals surface area contributed by atoms with Crippen molar-refractivity contribution in [3.8, 4) is 0 Å². The number of hydrogen-bond donors (Lipinski definition) is 0. The van der Waals surface area contributed by atoms with Gasteiger partial charge in [-0.25, -0.2) is 0 Å². The van der Waals surface area contributed by atoms with Crippen LogP contribution in [-0.4, -0.2) is 6.54 Å². The van der Waals surface area contributed by atoms with E-state index < -0.39 is 0 Å². The minimum Gasteiger partial charge on any atom is -0.0937 e. The summed E-state index contributed by atoms with van der Waals surface area (Å²) < 4.78 is 0. The summed E-state index contributed by atoms with van der Waals surface area (Å²) >= 11 is 0. The predicted octanol–water partition coefficient (Wildman–Crippen LogP) is 8.79. The van der Waals surface area contributed by atoms with Gasteiger partial charge in [0.1, 0.15) is 0 Å². The number of azide groups is 1. The van der Waals surface area contributed by atoms with Gasteiger partial charge in [0.2, 0.25) is 0 Å². The summed E-state index contributed by atoms with van der Waals surface area (Å²) in [5, 5.41) is 3.77. The Morgan fingerprint density at radius 2 is 1.70 bits per heavy atom. The molecule has 0 heterocycles. The molecule has 0 spiro atoms. The van der Waals surface area contributed by atoms with Crippen molar-refractivity contribution in [3.05, 3.63) is 10.4 Å². The van der Waals surface area contributed by atoms with Crippen molar-refractivity contribution in [1.29, 1.82) is 0 Å². The fourth-order valence-electron chi connectivity index (χ4n) is 9.53. The fourth-order valence-corrected chi connectivity index (χ4v) is 9.53. The molecule has 30 heavy (non-hydrogen) atoms. The second kappa shape index (κ2) is 9.05. The first-order chi connectivity index (χ1) is 14.4. The molecule has 3 nitrogen and oxygen atoms in total. The van der Waals surface area contributed by atoms with Gasteiger partial charge in [-0.2, -0.15) is 0 Å². The lowest BCUT2D eigenvalue weighted by atomic mass is 9.44. The highest BCUT2D eigenvalue weighted by atomic mass is 15.1. The van der Waals surface area contributed by atoms with Gasteiger partial charge >= 0.3 is 0 Å². The summed E-state index contributed by atoms with van der Waals surface area (Å²) in [5.74, 6) is 6.43. The molecule has 0 bridgehead atoms. The first-order valence-corrected chi connectivity index (χ1v) is 13.4. The maximum absolute atomic E-state index is 8.53. The van der Waals surface area contributed by atoms with E-state index in [1.807, 2.05) is 0 Å². The Kier molecular flexibility index (Phi) is 6.79. The molecule has 0 aromatic carbocycles. The number of rotatable bonds is 7. The van der Waals surface area contributed by atoms with E-state index in [1.165, 1.54) is 77.0 Å². The van der Waals surface area contributed by atoms with Crippen LogP contribution in [-0.2, 0) is 0 Å². The normalized spacial score (nSPS) is 44.9. The van der Waals surface area contributed by atoms with Crippen molar-refractivity contribution in [3.63, 3.8) is 0 Å². The van der Waals surface area contributed by atoms with Crippen molar-refractivity contribution < 1.29 is 0 Å². The lowest BCUT2D eigenvalue weighted by Crippen LogP contribution is -2.53. The number of hydrogen-bond acceptors (Lipinski definition) is 1. The second-order valence-electron chi connectivity index (χ2n) is 12.6. The van der Waals surface area contributed by atoms with Crippen molar-refractivity contribution in [2.45, 2.75) is 111 Å². The van der Waals surface area contributed by atoms with E-state index in [0.717, 1.165) is 35.5 Å². The molecule has 4 saturated carbocycles. The largest absolute Gasteiger partial charge is 0.0937 e. The molecule has 3 heteroatoms. The third kappa shape index (κ3) is 3.94. The molecule has 170 valence electrons. The van der Waals surface area contributed by atoms with Gasteiger partial charge in [0.15, 0.2) is 0 Å². The van der Waals surface area contributed by atoms with Crippen molar-refractivity contribution in [2.75, 3.05) is 6.54 Å². The van der Waals surface area contributed by atoms with Gasteiger partial charge in [-0.3, -0.25) is 0 Å². The average Bonchev–Trinajstić information content (AvgIpc) is 3.09. The molecular weight excluding hydrogens is 366 g/mol. The van der Waals surface area contributed by atoms with E-state index in [0.29, 0.717) is 23.3 Å². The molecule has 4 aliphatic rings. The van der Waals surface area contributed by atoms with Crippen LogP contribution in [0.5, 0.6) is 0 Å². The third-order valence-corrected chi connectivity index (χ3v) is 11.2. The molecule has 0 N–H and O–H groups in total. The molecule has 0 aromatic heterocycles. The summed E-state index contributed by atoms with van der Waals surface area (Å²) in [6, 6.07) is 0. The van der Waals surface area contributed by atoms with E-state index in [9.17, 15) is 0 Å². The van der Waals surface area contributed by atoms with Crippen LogP contribution in [0.15, 0.2) is 5.11 Å². The topological polar surface area (TPSA) is 48.8 Å². The SMILES string of the molecule is CC(CCC[C@@H](C)[C@H]1CC[C@H]2[C@@H]3CCC4CCCC[C@]4(C)[C@H]3CC[C@]12C)CN=[N+]=[N-]. The molecule has 0 saturated heterocycles. The van der Waals surface area contributed by atoms with E-state index in [-0.39, 0.29) is 0 Å². The second-order valence-corrected chi connectivity index (χ2v) is 12.6. The molecular formula is C27H47N3. The van der Waals surface area contributed by atoms with E-state index in [2.05, 4.69) is 37.7 Å². The quantitative estimate of drug-likeness (QED) is 0.227. The lowest BCUT2D eigenvalue weighted by molar-refractivity contribution is -0.114. The maximum Gasteiger partial charge on any atom is 0.0283 e. The Hall–Kier alpha value is -0.690. The molecule has 0 aromatic rings. The first-order valence-electron chi connectivity index (χ1n) is 13.4. The molecule has 2 unspecified atom stereocenters. The van der Waals surface area contributed by atoms with Crippen molar-refractivity contribution >= 4 is 0 Å². The summed E-state index contributed by atoms with van der Waals surface area (Å²) in [7, 11) is 0. The molecule has 4 fully saturated rings. The van der Waals surface area contributed by atoms with Crippen LogP contribution >= 0.6 is 0 Å². The highest BCUT2D eigenvalue weighted by Crippen LogP contribution is 2.68. The maximum atomic E-state index is 8.53. The zero-order valence-corrected chi connectivity index (χ0v) is 20.3. The molecule has 0 radical (unpaired) electrons. The standard InChI is InChI=1S/C27H47N3/c1-19(18-29-30-28)8-7-9-20(2)23-13-14-24-22-12-11-21-10-5-6-16-26(21,3)25(22)15-17-27(23,24)4/h19-25H,5-18H2,1-4H3/t19?,20-,21?,22+,23-,24+,25+,26+,27-/m1/s1. The molecule has 4 aliphatic carbocycles. The molecule has 4 rings (SSSR count). The summed E-state index contributed by atoms with van der Waals surface area (Å²) in [6.07, 6.45) is 19.0. The average molecular weight is 414 g/mol. The van der Waals surface area contributed by atoms with Crippen LogP contribution in [0.3, 0.4) is 0 Å². The van der Waals surface area contributed by atoms with E-state index in [4.69, 9.17) is 5.53 Å². The van der Waals surface area contributed by atoms with Crippen LogP contribution in [0.2, 0.25) is 0 Å². The smallest absolute Gasteiger partial charge is 0.0283 e. The summed E-state index contributed by atoms with van der Waals surface area (Å²) in [4.78, 5) is 2.92. The van der Waals surface area contributed by atoms with Gasteiger partial charge in [-0.15, -0.1) is 0 Å². The molecule has 9 atom stereocenters. The van der Waals surface area contributed by atoms with Gasteiger partial charge in [0.05, 0.1) is 0 Å². The summed E-state index contributed by atoms with van der Waals surface area (Å²) in [6.45, 7) is 10.9. The van der Waals surface area contributed by atoms with Crippen LogP contribution in [0.25, 0.3) is 10.4 Å². The Morgan fingerprint density at radius 3 is 2.50 bits per heavy atom. The molecule has 0 amide bonds. The van der Waals surface area contributed by atoms with Crippen molar-refractivity contribution in [2.24, 2.45) is 57.4 Å². The van der Waals surface area contributed by atoms with Crippen LogP contribution < -0.4 is 0 Å². The van der Waals surface area contributed by atoms with Gasteiger partial charge in [0.25, 0.3) is 0 Å². The first kappa shape index (κ1) is 22.5. The highest BCUT2D eigenvalue weighted by molar-refractivity contribution is 5.09. The van der Waals surface area contributed by atoms with Gasteiger partial charge in [-0.05, 0) is 109 Å². The zero-order chi connectivity index (χ0) is 21.4. The highest BCUT2D eigenvalue weighted by Gasteiger charge is 2.59. The van der Waals surface area contributed by atoms with E-state index in [1.54, 1.807) is 6.42 Å². The van der Waals surface area contributed by atoms with E-state index >= 15 is 0 Å². The lowest BCUT2D eigenvalue weighted by Gasteiger charge is -2.61. The Balaban J connectivity index is 1.38. The Morgan fingerprint density at radius 1 is 0.900 bits per heavy atom. The van der Waals surface area contributed by atoms with Crippen LogP contribution in [0, 0.1) is 52.3 Å². The predicted molar refractivity (Wildman–Crippen MR) is 126 cm³/mol. The zero-order valence-electron chi connectivity index (χ0n) is 20.3. The van der Waals surface area contributed by atoms with Crippen LogP contribution in [0.1, 0.15) is 111 Å². The van der Waals surface area contributed by atoms with Crippen molar-refractivity contribution in [1.82, 2.24) is 0 Å². The Labute approximate surface area is 185 Å². The number of nitrogens with zero attached hydrogens (tertiary/aromatic N) is 3. The third-order valence-electron chi connectivity index (χ3n) is 11.2. The minimum absolute atomic E-state index is 0.530. The monoisotopic (exact) mass is 413 g/mol. The minimum atomic E-state index is 0.530. The number of fused-ring (bicyclic) bond motifs is 5. The van der Waals surface area contributed by atoms with Crippen LogP contribution in [0.4, 0.5) is 0 Å². The van der Waals surface area contributed by atoms with Gasteiger partial charge in [-0.1, -0.05) is 64.9 Å².